The maximum atomic E-state index is 12.5. The molecule has 0 atom stereocenters. The van der Waals surface area contributed by atoms with Gasteiger partial charge in [0, 0.05) is 11.6 Å². The Balaban J connectivity index is 1.77. The predicted molar refractivity (Wildman–Crippen MR) is 120 cm³/mol. The second kappa shape index (κ2) is 8.30. The number of benzene rings is 2. The van der Waals surface area contributed by atoms with E-state index in [-0.39, 0.29) is 17.1 Å². The summed E-state index contributed by atoms with van der Waals surface area (Å²) >= 11 is 4.25. The molecule has 7 heteroatoms. The molecule has 0 unspecified atom stereocenters. The maximum Gasteiger partial charge on any atom is 0.344 e. The number of rotatable bonds is 4. The van der Waals surface area contributed by atoms with Gasteiger partial charge in [0.05, 0.1) is 16.0 Å². The number of carbonyl (C=O) groups is 1. The third-order valence-electron chi connectivity index (χ3n) is 4.59. The van der Waals surface area contributed by atoms with Crippen LogP contribution in [0.1, 0.15) is 15.9 Å². The molecule has 2 aromatic carbocycles. The van der Waals surface area contributed by atoms with Gasteiger partial charge in [-0.15, -0.1) is 11.7 Å². The lowest BCUT2D eigenvalue weighted by molar-refractivity contribution is 0.0730. The second-order valence-electron chi connectivity index (χ2n) is 6.64. The van der Waals surface area contributed by atoms with E-state index in [4.69, 9.17) is 9.15 Å². The van der Waals surface area contributed by atoms with E-state index in [1.807, 2.05) is 31.2 Å². The normalized spacial score (nSPS) is 10.9. The zero-order valence-electron chi connectivity index (χ0n) is 15.8. The Hall–Kier alpha value is -3.16. The number of carbonyl (C=O) groups excluding carboxylic acids is 1. The van der Waals surface area contributed by atoms with Crippen LogP contribution in [0.25, 0.3) is 22.5 Å². The summed E-state index contributed by atoms with van der Waals surface area (Å²) in [6.07, 6.45) is 0. The molecule has 5 nitrogen and oxygen atoms in total. The van der Waals surface area contributed by atoms with Crippen LogP contribution in [0.3, 0.4) is 0 Å². The minimum atomic E-state index is -0.606. The van der Waals surface area contributed by atoms with Gasteiger partial charge in [-0.3, -0.25) is 0 Å². The van der Waals surface area contributed by atoms with Crippen LogP contribution in [-0.2, 0) is 0 Å². The quantitative estimate of drug-likeness (QED) is 0.247. The summed E-state index contributed by atoms with van der Waals surface area (Å²) in [6, 6.07) is 18.3. The highest BCUT2D eigenvalue weighted by Gasteiger charge is 2.21. The van der Waals surface area contributed by atoms with Gasteiger partial charge in [-0.05, 0) is 48.9 Å². The van der Waals surface area contributed by atoms with Crippen molar-refractivity contribution in [1.29, 1.82) is 0 Å². The molecule has 0 spiro atoms. The highest BCUT2D eigenvalue weighted by Crippen LogP contribution is 2.39. The molecule has 4 rings (SSSR count). The number of thiol groups is 1. The van der Waals surface area contributed by atoms with Gasteiger partial charge >= 0.3 is 11.6 Å². The molecule has 0 fully saturated rings. The Labute approximate surface area is 181 Å². The van der Waals surface area contributed by atoms with E-state index in [2.05, 4.69) is 11.7 Å². The lowest BCUT2D eigenvalue weighted by Gasteiger charge is -2.06. The molecule has 0 radical (unpaired) electrons. The Morgan fingerprint density at radius 3 is 2.40 bits per heavy atom. The van der Waals surface area contributed by atoms with Crippen LogP contribution in [0, 0.1) is 6.92 Å². The van der Waals surface area contributed by atoms with E-state index in [1.54, 1.807) is 12.1 Å². The van der Waals surface area contributed by atoms with Crippen LogP contribution in [0.5, 0.6) is 11.5 Å². The molecule has 0 amide bonds. The summed E-state index contributed by atoms with van der Waals surface area (Å²) < 4.78 is 11.0. The zero-order chi connectivity index (χ0) is 21.3. The molecular weight excluding hydrogens is 420 g/mol. The fourth-order valence-corrected chi connectivity index (χ4v) is 3.82. The monoisotopic (exact) mass is 436 g/mol. The number of hydrogen-bond acceptors (Lipinski definition) is 7. The highest BCUT2D eigenvalue weighted by atomic mass is 33.1. The van der Waals surface area contributed by atoms with Crippen molar-refractivity contribution >= 4 is 28.4 Å². The molecule has 0 saturated carbocycles. The van der Waals surface area contributed by atoms with E-state index >= 15 is 0 Å². The number of hydrogen-bond donors (Lipinski definition) is 2. The number of esters is 1. The summed E-state index contributed by atoms with van der Waals surface area (Å²) in [5.74, 6) is -0.0381. The van der Waals surface area contributed by atoms with Crippen LogP contribution in [0.15, 0.2) is 80.8 Å². The van der Waals surface area contributed by atoms with Crippen molar-refractivity contribution in [3.05, 3.63) is 88.3 Å². The molecule has 0 bridgehead atoms. The highest BCUT2D eigenvalue weighted by molar-refractivity contribution is 8.68. The smallest absolute Gasteiger partial charge is 0.344 e. The predicted octanol–water partition coefficient (Wildman–Crippen LogP) is 5.58. The third-order valence-corrected chi connectivity index (χ3v) is 5.72. The molecule has 2 aliphatic rings. The van der Waals surface area contributed by atoms with Crippen molar-refractivity contribution in [2.24, 2.45) is 0 Å². The minimum absolute atomic E-state index is 0.0492. The van der Waals surface area contributed by atoms with Gasteiger partial charge in [-0.25, -0.2) is 9.59 Å². The van der Waals surface area contributed by atoms with E-state index in [0.717, 1.165) is 21.9 Å². The average Bonchev–Trinajstić information content (AvgIpc) is 2.94. The molecule has 2 aromatic rings. The van der Waals surface area contributed by atoms with Gasteiger partial charge in [0.1, 0.15) is 17.3 Å². The van der Waals surface area contributed by atoms with Crippen LogP contribution in [0.4, 0.5) is 0 Å². The van der Waals surface area contributed by atoms with Crippen molar-refractivity contribution in [2.75, 3.05) is 0 Å². The lowest BCUT2D eigenvalue weighted by atomic mass is 10.0. The largest absolute Gasteiger partial charge is 0.508 e. The maximum absolute atomic E-state index is 12.5. The van der Waals surface area contributed by atoms with E-state index in [1.165, 1.54) is 30.3 Å². The summed E-state index contributed by atoms with van der Waals surface area (Å²) in [5.41, 5.74) is 2.71. The number of phenols is 1. The van der Waals surface area contributed by atoms with Crippen molar-refractivity contribution < 1.29 is 19.1 Å². The number of ether oxygens (including phenoxy) is 1. The third kappa shape index (κ3) is 3.94. The van der Waals surface area contributed by atoms with Gasteiger partial charge in [-0.2, -0.15) is 0 Å². The van der Waals surface area contributed by atoms with Crippen LogP contribution >= 0.6 is 22.5 Å². The molecule has 30 heavy (non-hydrogen) atoms. The van der Waals surface area contributed by atoms with Gasteiger partial charge in [0.2, 0.25) is 0 Å². The summed E-state index contributed by atoms with van der Waals surface area (Å²) in [7, 11) is 1.11. The molecule has 1 aliphatic heterocycles. The topological polar surface area (TPSA) is 76.7 Å². The van der Waals surface area contributed by atoms with Crippen molar-refractivity contribution in [3.8, 4) is 33.9 Å². The van der Waals surface area contributed by atoms with Gasteiger partial charge in [0.15, 0.2) is 0 Å². The Morgan fingerprint density at radius 1 is 1.03 bits per heavy atom. The van der Waals surface area contributed by atoms with Crippen molar-refractivity contribution in [3.63, 3.8) is 0 Å². The average molecular weight is 437 g/mol. The molecule has 150 valence electrons. The Kier molecular flexibility index (Phi) is 5.57. The zero-order valence-corrected chi connectivity index (χ0v) is 17.5. The van der Waals surface area contributed by atoms with Crippen LogP contribution in [-0.4, -0.2) is 11.1 Å². The first-order valence-electron chi connectivity index (χ1n) is 8.97. The second-order valence-corrected chi connectivity index (χ2v) is 7.81. The van der Waals surface area contributed by atoms with Crippen molar-refractivity contribution in [2.45, 2.75) is 11.8 Å². The summed E-state index contributed by atoms with van der Waals surface area (Å²) in [5, 5.41) is 9.39. The molecular formula is C23H16O5S2. The Bertz CT molecular complexity index is 1240. The fourth-order valence-electron chi connectivity index (χ4n) is 3.05. The number of phenolic OH excluding ortho intramolecular Hbond substituents is 1. The minimum Gasteiger partial charge on any atom is -0.508 e. The molecule has 1 aliphatic carbocycles. The molecule has 0 aromatic heterocycles. The standard InChI is InChI=1S/C23H16O5S2/c1-13-2-4-14(5-3-13)21-17-10-11-20(30-29)19(12-18(17)27-23(21)26)28-22(25)15-6-8-16(24)9-7-15/h2-12,24,29H,1H3. The first kappa shape index (κ1) is 20.1. The van der Waals surface area contributed by atoms with Gasteiger partial charge in [-0.1, -0.05) is 40.6 Å². The van der Waals surface area contributed by atoms with Crippen LogP contribution < -0.4 is 10.4 Å². The first-order chi connectivity index (χ1) is 14.5. The van der Waals surface area contributed by atoms with E-state index in [0.29, 0.717) is 21.8 Å². The summed E-state index contributed by atoms with van der Waals surface area (Å²) in [6.45, 7) is 1.97. The van der Waals surface area contributed by atoms with Crippen LogP contribution in [0.2, 0.25) is 0 Å². The number of aromatic hydroxyl groups is 1. The molecule has 1 heterocycles. The van der Waals surface area contributed by atoms with E-state index in [9.17, 15) is 14.7 Å². The Morgan fingerprint density at radius 2 is 1.73 bits per heavy atom. The lowest BCUT2D eigenvalue weighted by Crippen LogP contribution is -2.08. The summed E-state index contributed by atoms with van der Waals surface area (Å²) in [4.78, 5) is 25.7. The molecule has 1 N–H and O–H groups in total. The van der Waals surface area contributed by atoms with Gasteiger partial charge in [0.25, 0.3) is 0 Å². The number of fused-ring (bicyclic) bond motifs is 1. The number of aryl methyl sites for hydroxylation is 1. The van der Waals surface area contributed by atoms with Crippen molar-refractivity contribution in [1.82, 2.24) is 0 Å². The fraction of sp³-hybridized carbons (Fsp3) is 0.0435. The number of furan rings is 1. The van der Waals surface area contributed by atoms with E-state index < -0.39 is 11.6 Å². The SMILES string of the molecule is Cc1ccc(-c2c3ccc(SS)c(OC(=O)c4ccc(O)cc4)cc-3oc2=O)cc1. The molecule has 0 saturated heterocycles. The van der Waals surface area contributed by atoms with Gasteiger partial charge < -0.3 is 14.3 Å². The first-order valence-corrected chi connectivity index (χ1v) is 10.8.